The molecule has 1 aliphatic rings. The van der Waals surface area contributed by atoms with Gasteiger partial charge in [-0.2, -0.15) is 13.2 Å². The van der Waals surface area contributed by atoms with Crippen molar-refractivity contribution in [2.45, 2.75) is 19.1 Å². The fraction of sp³-hybridized carbons (Fsp3) is 0.500. The Kier molecular flexibility index (Phi) is 4.60. The molecule has 1 heterocycles. The molecular formula is C14H16F4N2O2. The van der Waals surface area contributed by atoms with Gasteiger partial charge in [-0.1, -0.05) is 0 Å². The van der Waals surface area contributed by atoms with Crippen molar-refractivity contribution in [1.82, 2.24) is 9.80 Å². The van der Waals surface area contributed by atoms with Gasteiger partial charge in [-0.3, -0.25) is 9.69 Å². The van der Waals surface area contributed by atoms with Gasteiger partial charge in [0, 0.05) is 31.7 Å². The number of aromatic hydroxyl groups is 1. The Bertz CT molecular complexity index is 562. The first-order chi connectivity index (χ1) is 10.2. The van der Waals surface area contributed by atoms with Crippen LogP contribution >= 0.6 is 0 Å². The van der Waals surface area contributed by atoms with Gasteiger partial charge in [-0.15, -0.1) is 0 Å². The molecule has 4 nitrogen and oxygen atoms in total. The zero-order valence-electron chi connectivity index (χ0n) is 11.9. The van der Waals surface area contributed by atoms with Crippen LogP contribution in [-0.4, -0.2) is 59.2 Å². The molecule has 1 aromatic carbocycles. The SMILES string of the molecule is C[C@@H]1CN(C(=O)c2ccc(F)cc2O)CCN1CC(F)(F)F. The van der Waals surface area contributed by atoms with Crippen LogP contribution in [0.15, 0.2) is 18.2 Å². The van der Waals surface area contributed by atoms with Crippen LogP contribution in [0, 0.1) is 5.82 Å². The van der Waals surface area contributed by atoms with Crippen LogP contribution in [0.4, 0.5) is 17.6 Å². The molecule has 122 valence electrons. The minimum atomic E-state index is -4.28. The van der Waals surface area contributed by atoms with Crippen molar-refractivity contribution < 1.29 is 27.5 Å². The van der Waals surface area contributed by atoms with Crippen LogP contribution in [0.3, 0.4) is 0 Å². The largest absolute Gasteiger partial charge is 0.507 e. The molecule has 1 aromatic rings. The second-order valence-electron chi connectivity index (χ2n) is 5.35. The van der Waals surface area contributed by atoms with Gasteiger partial charge >= 0.3 is 6.18 Å². The number of halogens is 4. The Balaban J connectivity index is 2.05. The lowest BCUT2D eigenvalue weighted by molar-refractivity contribution is -0.153. The fourth-order valence-corrected chi connectivity index (χ4v) is 2.50. The lowest BCUT2D eigenvalue weighted by Crippen LogP contribution is -2.55. The lowest BCUT2D eigenvalue weighted by Gasteiger charge is -2.40. The number of hydrogen-bond acceptors (Lipinski definition) is 3. The van der Waals surface area contributed by atoms with Crippen molar-refractivity contribution in [2.24, 2.45) is 0 Å². The molecule has 2 rings (SSSR count). The first kappa shape index (κ1) is 16.5. The van der Waals surface area contributed by atoms with Crippen molar-refractivity contribution in [2.75, 3.05) is 26.2 Å². The summed E-state index contributed by atoms with van der Waals surface area (Å²) in [6.45, 7) is 0.921. The summed E-state index contributed by atoms with van der Waals surface area (Å²) in [5.74, 6) is -1.66. The van der Waals surface area contributed by atoms with Crippen molar-refractivity contribution in [1.29, 1.82) is 0 Å². The van der Waals surface area contributed by atoms with Crippen molar-refractivity contribution >= 4 is 5.91 Å². The number of carbonyl (C=O) groups is 1. The summed E-state index contributed by atoms with van der Waals surface area (Å²) in [5, 5.41) is 9.62. The van der Waals surface area contributed by atoms with E-state index in [1.165, 1.54) is 15.9 Å². The van der Waals surface area contributed by atoms with E-state index in [0.717, 1.165) is 12.1 Å². The minimum absolute atomic E-state index is 0.0575. The summed E-state index contributed by atoms with van der Waals surface area (Å²) in [6, 6.07) is 2.59. The third-order valence-electron chi connectivity index (χ3n) is 3.62. The monoisotopic (exact) mass is 320 g/mol. The zero-order chi connectivity index (χ0) is 16.5. The van der Waals surface area contributed by atoms with E-state index < -0.39 is 36.2 Å². The highest BCUT2D eigenvalue weighted by Crippen LogP contribution is 2.23. The predicted molar refractivity (Wildman–Crippen MR) is 71.1 cm³/mol. The van der Waals surface area contributed by atoms with E-state index in [2.05, 4.69) is 0 Å². The maximum atomic E-state index is 12.9. The number of alkyl halides is 3. The number of benzene rings is 1. The van der Waals surface area contributed by atoms with Crippen molar-refractivity contribution in [3.05, 3.63) is 29.6 Å². The zero-order valence-corrected chi connectivity index (χ0v) is 11.9. The highest BCUT2D eigenvalue weighted by atomic mass is 19.4. The molecular weight excluding hydrogens is 304 g/mol. The normalized spacial score (nSPS) is 20.2. The highest BCUT2D eigenvalue weighted by Gasteiger charge is 2.36. The van der Waals surface area contributed by atoms with Crippen LogP contribution < -0.4 is 0 Å². The number of carbonyl (C=O) groups excluding carboxylic acids is 1. The van der Waals surface area contributed by atoms with Gasteiger partial charge in [0.1, 0.15) is 11.6 Å². The number of phenols is 1. The van der Waals surface area contributed by atoms with Crippen LogP contribution in [0.5, 0.6) is 5.75 Å². The van der Waals surface area contributed by atoms with Gasteiger partial charge in [0.25, 0.3) is 5.91 Å². The fourth-order valence-electron chi connectivity index (χ4n) is 2.50. The molecule has 1 aliphatic heterocycles. The van der Waals surface area contributed by atoms with Crippen LogP contribution in [-0.2, 0) is 0 Å². The average molecular weight is 320 g/mol. The maximum absolute atomic E-state index is 12.9. The molecule has 1 N–H and O–H groups in total. The van der Waals surface area contributed by atoms with Gasteiger partial charge in [0.05, 0.1) is 12.1 Å². The van der Waals surface area contributed by atoms with Crippen molar-refractivity contribution in [3.63, 3.8) is 0 Å². The van der Waals surface area contributed by atoms with E-state index in [4.69, 9.17) is 0 Å². The maximum Gasteiger partial charge on any atom is 0.401 e. The predicted octanol–water partition coefficient (Wildman–Crippen LogP) is 2.24. The standard InChI is InChI=1S/C14H16F4N2O2/c1-9-7-19(4-5-20(9)8-14(16,17)18)13(22)11-3-2-10(15)6-12(11)21/h2-3,6,9,21H,4-5,7-8H2,1H3/t9-/m1/s1. The molecule has 1 amide bonds. The lowest BCUT2D eigenvalue weighted by atomic mass is 10.1. The second kappa shape index (κ2) is 6.12. The van der Waals surface area contributed by atoms with E-state index in [-0.39, 0.29) is 25.2 Å². The third kappa shape index (κ3) is 3.88. The van der Waals surface area contributed by atoms with E-state index in [9.17, 15) is 27.5 Å². The number of nitrogens with zero attached hydrogens (tertiary/aromatic N) is 2. The number of amides is 1. The molecule has 1 atom stereocenters. The first-order valence-electron chi connectivity index (χ1n) is 6.76. The Morgan fingerprint density at radius 1 is 1.36 bits per heavy atom. The van der Waals surface area contributed by atoms with Crippen molar-refractivity contribution in [3.8, 4) is 5.75 Å². The van der Waals surface area contributed by atoms with Gasteiger partial charge in [-0.25, -0.2) is 4.39 Å². The Morgan fingerprint density at radius 3 is 2.59 bits per heavy atom. The molecule has 0 saturated carbocycles. The summed E-state index contributed by atoms with van der Waals surface area (Å²) >= 11 is 0. The number of hydrogen-bond donors (Lipinski definition) is 1. The molecule has 0 unspecified atom stereocenters. The van der Waals surface area contributed by atoms with Gasteiger partial charge in [0.2, 0.25) is 0 Å². The molecule has 1 fully saturated rings. The Morgan fingerprint density at radius 2 is 2.05 bits per heavy atom. The molecule has 0 aliphatic carbocycles. The topological polar surface area (TPSA) is 43.8 Å². The molecule has 0 radical (unpaired) electrons. The molecule has 8 heteroatoms. The minimum Gasteiger partial charge on any atom is -0.507 e. The van der Waals surface area contributed by atoms with Crippen LogP contribution in [0.1, 0.15) is 17.3 Å². The summed E-state index contributed by atoms with van der Waals surface area (Å²) in [7, 11) is 0. The number of rotatable bonds is 2. The summed E-state index contributed by atoms with van der Waals surface area (Å²) in [5.41, 5.74) is -0.0575. The van der Waals surface area contributed by atoms with E-state index >= 15 is 0 Å². The summed E-state index contributed by atoms with van der Waals surface area (Å²) in [6.07, 6.45) is -4.28. The summed E-state index contributed by atoms with van der Waals surface area (Å²) < 4.78 is 50.2. The third-order valence-corrected chi connectivity index (χ3v) is 3.62. The number of piperazine rings is 1. The van der Waals surface area contributed by atoms with E-state index in [1.807, 2.05) is 0 Å². The molecule has 0 bridgehead atoms. The van der Waals surface area contributed by atoms with Gasteiger partial charge < -0.3 is 10.0 Å². The van der Waals surface area contributed by atoms with Gasteiger partial charge in [-0.05, 0) is 19.1 Å². The quantitative estimate of drug-likeness (QED) is 0.850. The van der Waals surface area contributed by atoms with Crippen LogP contribution in [0.2, 0.25) is 0 Å². The second-order valence-corrected chi connectivity index (χ2v) is 5.35. The molecule has 22 heavy (non-hydrogen) atoms. The molecule has 0 spiro atoms. The number of phenolic OH excluding ortho intramolecular Hbond substituents is 1. The Labute approximate surface area is 124 Å². The van der Waals surface area contributed by atoms with Gasteiger partial charge in [0.15, 0.2) is 0 Å². The van der Waals surface area contributed by atoms with E-state index in [1.54, 1.807) is 6.92 Å². The molecule has 0 aromatic heterocycles. The smallest absolute Gasteiger partial charge is 0.401 e. The van der Waals surface area contributed by atoms with E-state index in [0.29, 0.717) is 0 Å². The summed E-state index contributed by atoms with van der Waals surface area (Å²) in [4.78, 5) is 14.9. The highest BCUT2D eigenvalue weighted by molar-refractivity contribution is 5.96. The van der Waals surface area contributed by atoms with Crippen LogP contribution in [0.25, 0.3) is 0 Å². The molecule has 1 saturated heterocycles. The Hall–Kier alpha value is -1.83. The first-order valence-corrected chi connectivity index (χ1v) is 6.76. The average Bonchev–Trinajstić information content (AvgIpc) is 2.39.